The molecule has 3 heteroatoms. The van der Waals surface area contributed by atoms with Crippen molar-refractivity contribution in [3.8, 4) is 0 Å². The van der Waals surface area contributed by atoms with Crippen LogP contribution in [0, 0.1) is 0 Å². The SMILES string of the molecule is CC(C)=CC(=O)C1CSCCN1. The summed E-state index contributed by atoms with van der Waals surface area (Å²) < 4.78 is 0. The standard InChI is InChI=1S/C9H15NOS/c1-7(2)5-9(11)8-6-12-4-3-10-8/h5,8,10H,3-4,6H2,1-2H3. The predicted octanol–water partition coefficient (Wildman–Crippen LogP) is 1.23. The summed E-state index contributed by atoms with van der Waals surface area (Å²) >= 11 is 1.85. The molecule has 0 bridgehead atoms. The third kappa shape index (κ3) is 2.99. The van der Waals surface area contributed by atoms with Gasteiger partial charge in [-0.2, -0.15) is 11.8 Å². The molecule has 0 aliphatic carbocycles. The third-order valence-corrected chi connectivity index (χ3v) is 2.76. The number of allylic oxidation sites excluding steroid dienone is 1. The predicted molar refractivity (Wildman–Crippen MR) is 53.6 cm³/mol. The van der Waals surface area contributed by atoms with E-state index in [-0.39, 0.29) is 11.8 Å². The summed E-state index contributed by atoms with van der Waals surface area (Å²) in [5.41, 5.74) is 1.08. The van der Waals surface area contributed by atoms with Gasteiger partial charge in [0, 0.05) is 18.1 Å². The first-order valence-corrected chi connectivity index (χ1v) is 5.35. The highest BCUT2D eigenvalue weighted by molar-refractivity contribution is 7.99. The Morgan fingerprint density at radius 2 is 2.33 bits per heavy atom. The maximum Gasteiger partial charge on any atom is 0.173 e. The molecule has 68 valence electrons. The van der Waals surface area contributed by atoms with Crippen LogP contribution in [-0.2, 0) is 4.79 Å². The van der Waals surface area contributed by atoms with Crippen molar-refractivity contribution in [2.24, 2.45) is 0 Å². The van der Waals surface area contributed by atoms with E-state index in [1.54, 1.807) is 6.08 Å². The minimum atomic E-state index is 0.0543. The first-order valence-electron chi connectivity index (χ1n) is 4.20. The lowest BCUT2D eigenvalue weighted by atomic mass is 10.1. The Hall–Kier alpha value is -0.280. The summed E-state index contributed by atoms with van der Waals surface area (Å²) in [6, 6.07) is 0.0543. The molecule has 0 spiro atoms. The van der Waals surface area contributed by atoms with Gasteiger partial charge >= 0.3 is 0 Å². The number of nitrogens with one attached hydrogen (secondary N) is 1. The summed E-state index contributed by atoms with van der Waals surface area (Å²) in [5, 5.41) is 3.21. The fourth-order valence-corrected chi connectivity index (χ4v) is 2.08. The maximum absolute atomic E-state index is 11.5. The summed E-state index contributed by atoms with van der Waals surface area (Å²) in [6.45, 7) is 4.86. The molecule has 0 saturated carbocycles. The van der Waals surface area contributed by atoms with Crippen LogP contribution < -0.4 is 5.32 Å². The van der Waals surface area contributed by atoms with Crippen LogP contribution in [0.1, 0.15) is 13.8 Å². The van der Waals surface area contributed by atoms with Gasteiger partial charge in [0.1, 0.15) is 0 Å². The third-order valence-electron chi connectivity index (χ3n) is 1.70. The van der Waals surface area contributed by atoms with E-state index >= 15 is 0 Å². The second-order valence-electron chi connectivity index (χ2n) is 3.21. The van der Waals surface area contributed by atoms with Gasteiger partial charge in [0.15, 0.2) is 5.78 Å². The van der Waals surface area contributed by atoms with E-state index in [1.165, 1.54) is 0 Å². The minimum absolute atomic E-state index is 0.0543. The number of ketones is 1. The highest BCUT2D eigenvalue weighted by Gasteiger charge is 2.18. The molecule has 12 heavy (non-hydrogen) atoms. The molecule has 1 aliphatic heterocycles. The van der Waals surface area contributed by atoms with Crippen molar-refractivity contribution in [2.75, 3.05) is 18.1 Å². The molecule has 1 rings (SSSR count). The monoisotopic (exact) mass is 185 g/mol. The lowest BCUT2D eigenvalue weighted by Crippen LogP contribution is -2.42. The zero-order valence-electron chi connectivity index (χ0n) is 7.59. The van der Waals surface area contributed by atoms with Crippen molar-refractivity contribution >= 4 is 17.5 Å². The fourth-order valence-electron chi connectivity index (χ4n) is 1.13. The lowest BCUT2D eigenvalue weighted by molar-refractivity contribution is -0.116. The Labute approximate surface area is 77.8 Å². The smallest absolute Gasteiger partial charge is 0.173 e. The lowest BCUT2D eigenvalue weighted by Gasteiger charge is -2.20. The van der Waals surface area contributed by atoms with Gasteiger partial charge in [-0.25, -0.2) is 0 Å². The molecule has 0 radical (unpaired) electrons. The van der Waals surface area contributed by atoms with Crippen molar-refractivity contribution in [1.29, 1.82) is 0 Å². The van der Waals surface area contributed by atoms with Crippen molar-refractivity contribution in [3.05, 3.63) is 11.6 Å². The highest BCUT2D eigenvalue weighted by atomic mass is 32.2. The van der Waals surface area contributed by atoms with Gasteiger partial charge in [-0.15, -0.1) is 0 Å². The second-order valence-corrected chi connectivity index (χ2v) is 4.36. The molecule has 1 N–H and O–H groups in total. The van der Waals surface area contributed by atoms with Crippen LogP contribution in [-0.4, -0.2) is 29.9 Å². The fraction of sp³-hybridized carbons (Fsp3) is 0.667. The van der Waals surface area contributed by atoms with Gasteiger partial charge in [0.2, 0.25) is 0 Å². The van der Waals surface area contributed by atoms with Gasteiger partial charge in [0.25, 0.3) is 0 Å². The molecule has 1 heterocycles. The molecular formula is C9H15NOS. The first-order chi connectivity index (χ1) is 5.70. The van der Waals surface area contributed by atoms with Crippen LogP contribution in [0.25, 0.3) is 0 Å². The average Bonchev–Trinajstić information content (AvgIpc) is 2.05. The van der Waals surface area contributed by atoms with E-state index in [9.17, 15) is 4.79 Å². The maximum atomic E-state index is 11.5. The van der Waals surface area contributed by atoms with E-state index < -0.39 is 0 Å². The topological polar surface area (TPSA) is 29.1 Å². The molecular weight excluding hydrogens is 170 g/mol. The largest absolute Gasteiger partial charge is 0.306 e. The average molecular weight is 185 g/mol. The summed E-state index contributed by atoms with van der Waals surface area (Å²) in [6.07, 6.45) is 1.73. The van der Waals surface area contributed by atoms with Gasteiger partial charge in [-0.3, -0.25) is 4.79 Å². The van der Waals surface area contributed by atoms with Crippen molar-refractivity contribution < 1.29 is 4.79 Å². The first kappa shape index (κ1) is 9.81. The molecule has 0 aromatic rings. The molecule has 1 aliphatic rings. The zero-order chi connectivity index (χ0) is 8.97. The second kappa shape index (κ2) is 4.67. The Morgan fingerprint density at radius 1 is 1.58 bits per heavy atom. The van der Waals surface area contributed by atoms with Crippen LogP contribution in [0.4, 0.5) is 0 Å². The van der Waals surface area contributed by atoms with Gasteiger partial charge in [-0.05, 0) is 19.9 Å². The van der Waals surface area contributed by atoms with E-state index in [1.807, 2.05) is 25.6 Å². The van der Waals surface area contributed by atoms with Crippen molar-refractivity contribution in [3.63, 3.8) is 0 Å². The van der Waals surface area contributed by atoms with E-state index in [0.29, 0.717) is 0 Å². The van der Waals surface area contributed by atoms with Crippen LogP contribution in [0.3, 0.4) is 0 Å². The number of carbonyl (C=O) groups excluding carboxylic acids is 1. The highest BCUT2D eigenvalue weighted by Crippen LogP contribution is 2.09. The molecule has 0 aromatic heterocycles. The summed E-state index contributed by atoms with van der Waals surface area (Å²) in [7, 11) is 0. The number of rotatable bonds is 2. The van der Waals surface area contributed by atoms with Crippen LogP contribution >= 0.6 is 11.8 Å². The Balaban J connectivity index is 2.45. The molecule has 1 saturated heterocycles. The molecule has 1 fully saturated rings. The Bertz CT molecular complexity index is 191. The van der Waals surface area contributed by atoms with Gasteiger partial charge in [-0.1, -0.05) is 5.57 Å². The van der Waals surface area contributed by atoms with Crippen molar-refractivity contribution in [1.82, 2.24) is 5.32 Å². The number of hydrogen-bond donors (Lipinski definition) is 1. The van der Waals surface area contributed by atoms with Crippen LogP contribution in [0.2, 0.25) is 0 Å². The summed E-state index contributed by atoms with van der Waals surface area (Å²) in [5.74, 6) is 2.27. The Kier molecular flexibility index (Phi) is 3.82. The van der Waals surface area contributed by atoms with E-state index in [0.717, 1.165) is 23.6 Å². The molecule has 1 unspecified atom stereocenters. The molecule has 0 aromatic carbocycles. The quantitative estimate of drug-likeness (QED) is 0.656. The van der Waals surface area contributed by atoms with E-state index in [4.69, 9.17) is 0 Å². The normalized spacial score (nSPS) is 23.3. The molecule has 0 amide bonds. The number of hydrogen-bond acceptors (Lipinski definition) is 3. The van der Waals surface area contributed by atoms with Gasteiger partial charge in [0.05, 0.1) is 6.04 Å². The summed E-state index contributed by atoms with van der Waals surface area (Å²) in [4.78, 5) is 11.5. The Morgan fingerprint density at radius 3 is 2.83 bits per heavy atom. The number of carbonyl (C=O) groups is 1. The minimum Gasteiger partial charge on any atom is -0.306 e. The van der Waals surface area contributed by atoms with Crippen molar-refractivity contribution in [2.45, 2.75) is 19.9 Å². The van der Waals surface area contributed by atoms with E-state index in [2.05, 4.69) is 5.32 Å². The number of thioether (sulfide) groups is 1. The zero-order valence-corrected chi connectivity index (χ0v) is 8.41. The van der Waals surface area contributed by atoms with Crippen LogP contribution in [0.15, 0.2) is 11.6 Å². The molecule has 2 nitrogen and oxygen atoms in total. The van der Waals surface area contributed by atoms with Crippen LogP contribution in [0.5, 0.6) is 0 Å². The van der Waals surface area contributed by atoms with Gasteiger partial charge < -0.3 is 5.32 Å². The molecule has 1 atom stereocenters.